The molecule has 1 heterocycles. The summed E-state index contributed by atoms with van der Waals surface area (Å²) >= 11 is 6.13. The van der Waals surface area contributed by atoms with Crippen LogP contribution in [0.25, 0.3) is 10.9 Å². The Morgan fingerprint density at radius 1 is 1.14 bits per heavy atom. The van der Waals surface area contributed by atoms with Crippen molar-refractivity contribution in [2.24, 2.45) is 0 Å². The first-order valence-corrected chi connectivity index (χ1v) is 7.22. The molecule has 0 saturated heterocycles. The molecule has 0 atom stereocenters. The summed E-state index contributed by atoms with van der Waals surface area (Å²) in [7, 11) is 1.93. The Morgan fingerprint density at radius 3 is 2.76 bits per heavy atom. The van der Waals surface area contributed by atoms with Gasteiger partial charge in [0.1, 0.15) is 5.82 Å². The molecule has 2 nitrogen and oxygen atoms in total. The third-order valence-electron chi connectivity index (χ3n) is 3.60. The van der Waals surface area contributed by atoms with Crippen molar-refractivity contribution in [3.05, 3.63) is 70.6 Å². The zero-order valence-electron chi connectivity index (χ0n) is 11.7. The van der Waals surface area contributed by atoms with Gasteiger partial charge in [0.15, 0.2) is 0 Å². The van der Waals surface area contributed by atoms with Gasteiger partial charge in [0.05, 0.1) is 5.52 Å². The minimum Gasteiger partial charge on any atom is -0.343 e. The van der Waals surface area contributed by atoms with E-state index in [9.17, 15) is 4.39 Å². The number of para-hydroxylation sites is 1. The number of rotatable bonds is 4. The maximum Gasteiger partial charge on any atom is 0.124 e. The number of hydrogen-bond donors (Lipinski definition) is 1. The maximum absolute atomic E-state index is 13.1. The molecule has 0 aliphatic heterocycles. The van der Waals surface area contributed by atoms with Crippen molar-refractivity contribution in [2.45, 2.75) is 13.1 Å². The predicted molar refractivity (Wildman–Crippen MR) is 85.2 cm³/mol. The average Bonchev–Trinajstić information content (AvgIpc) is 2.87. The average molecular weight is 303 g/mol. The number of benzene rings is 2. The van der Waals surface area contributed by atoms with Crippen LogP contribution in [-0.4, -0.2) is 11.6 Å². The fourth-order valence-corrected chi connectivity index (χ4v) is 2.87. The van der Waals surface area contributed by atoms with E-state index in [-0.39, 0.29) is 5.82 Å². The third-order valence-corrected chi connectivity index (χ3v) is 3.95. The van der Waals surface area contributed by atoms with Crippen LogP contribution >= 0.6 is 11.6 Å². The molecule has 0 aliphatic carbocycles. The summed E-state index contributed by atoms with van der Waals surface area (Å²) in [6, 6.07) is 12.9. The maximum atomic E-state index is 13.1. The second-order valence-electron chi connectivity index (χ2n) is 5.06. The van der Waals surface area contributed by atoms with E-state index in [1.165, 1.54) is 28.6 Å². The van der Waals surface area contributed by atoms with Gasteiger partial charge >= 0.3 is 0 Å². The van der Waals surface area contributed by atoms with Gasteiger partial charge < -0.3 is 9.88 Å². The van der Waals surface area contributed by atoms with Crippen LogP contribution in [0, 0.1) is 5.82 Å². The van der Waals surface area contributed by atoms with Crippen molar-refractivity contribution in [2.75, 3.05) is 7.05 Å². The second-order valence-corrected chi connectivity index (χ2v) is 5.47. The summed E-state index contributed by atoms with van der Waals surface area (Å²) in [4.78, 5) is 0. The van der Waals surface area contributed by atoms with E-state index < -0.39 is 0 Å². The van der Waals surface area contributed by atoms with E-state index in [4.69, 9.17) is 11.6 Å². The quantitative estimate of drug-likeness (QED) is 0.764. The van der Waals surface area contributed by atoms with E-state index in [0.717, 1.165) is 12.1 Å². The van der Waals surface area contributed by atoms with Gasteiger partial charge in [0, 0.05) is 24.3 Å². The SMILES string of the molecule is CNCc1cccc2ccn(Cc3ccc(F)cc3Cl)c12. The van der Waals surface area contributed by atoms with Crippen molar-refractivity contribution in [3.8, 4) is 0 Å². The molecule has 0 amide bonds. The molecule has 0 aliphatic rings. The monoisotopic (exact) mass is 302 g/mol. The number of fused-ring (bicyclic) bond motifs is 1. The third kappa shape index (κ3) is 2.80. The summed E-state index contributed by atoms with van der Waals surface area (Å²) in [5, 5.41) is 4.84. The lowest BCUT2D eigenvalue weighted by Crippen LogP contribution is -2.08. The Morgan fingerprint density at radius 2 is 2.00 bits per heavy atom. The molecule has 4 heteroatoms. The number of nitrogens with one attached hydrogen (secondary N) is 1. The van der Waals surface area contributed by atoms with Gasteiger partial charge in [-0.2, -0.15) is 0 Å². The van der Waals surface area contributed by atoms with Crippen LogP contribution in [0.5, 0.6) is 0 Å². The van der Waals surface area contributed by atoms with Gasteiger partial charge in [-0.1, -0.05) is 35.9 Å². The summed E-state index contributed by atoms with van der Waals surface area (Å²) in [5.41, 5.74) is 3.33. The Labute approximate surface area is 128 Å². The minimum absolute atomic E-state index is 0.308. The summed E-state index contributed by atoms with van der Waals surface area (Å²) in [5.74, 6) is -0.308. The van der Waals surface area contributed by atoms with Crippen molar-refractivity contribution in [1.82, 2.24) is 9.88 Å². The number of aromatic nitrogens is 1. The van der Waals surface area contributed by atoms with Gasteiger partial charge in [0.25, 0.3) is 0 Å². The normalized spacial score (nSPS) is 11.2. The van der Waals surface area contributed by atoms with Crippen molar-refractivity contribution in [3.63, 3.8) is 0 Å². The summed E-state index contributed by atoms with van der Waals surface area (Å²) in [6.07, 6.45) is 2.05. The smallest absolute Gasteiger partial charge is 0.124 e. The van der Waals surface area contributed by atoms with Crippen LogP contribution < -0.4 is 5.32 Å². The molecule has 0 spiro atoms. The highest BCUT2D eigenvalue weighted by atomic mass is 35.5. The molecule has 108 valence electrons. The number of nitrogens with zero attached hydrogens (tertiary/aromatic N) is 1. The van der Waals surface area contributed by atoms with E-state index in [0.29, 0.717) is 11.6 Å². The molecule has 0 radical (unpaired) electrons. The molecule has 0 fully saturated rings. The van der Waals surface area contributed by atoms with Gasteiger partial charge in [-0.05, 0) is 41.8 Å². The first-order valence-electron chi connectivity index (χ1n) is 6.84. The minimum atomic E-state index is -0.308. The van der Waals surface area contributed by atoms with Gasteiger partial charge in [-0.3, -0.25) is 0 Å². The molecule has 2 aromatic carbocycles. The van der Waals surface area contributed by atoms with Crippen molar-refractivity contribution in [1.29, 1.82) is 0 Å². The molecule has 3 aromatic rings. The summed E-state index contributed by atoms with van der Waals surface area (Å²) in [6.45, 7) is 1.43. The van der Waals surface area contributed by atoms with Crippen LogP contribution in [0.1, 0.15) is 11.1 Å². The fraction of sp³-hybridized carbons (Fsp3) is 0.176. The summed E-state index contributed by atoms with van der Waals surface area (Å²) < 4.78 is 15.3. The van der Waals surface area contributed by atoms with E-state index in [1.807, 2.05) is 13.2 Å². The Bertz CT molecular complexity index is 780. The predicted octanol–water partition coefficient (Wildman–Crippen LogP) is 4.20. The first kappa shape index (κ1) is 14.1. The lowest BCUT2D eigenvalue weighted by molar-refractivity contribution is 0.626. The van der Waals surface area contributed by atoms with Crippen LogP contribution in [0.4, 0.5) is 4.39 Å². The lowest BCUT2D eigenvalue weighted by atomic mass is 10.1. The molecule has 1 N–H and O–H groups in total. The van der Waals surface area contributed by atoms with E-state index in [1.54, 1.807) is 6.07 Å². The molecule has 0 bridgehead atoms. The Balaban J connectivity index is 2.04. The van der Waals surface area contributed by atoms with Crippen LogP contribution in [0.3, 0.4) is 0 Å². The molecular formula is C17H16ClFN2. The highest BCUT2D eigenvalue weighted by Crippen LogP contribution is 2.24. The molecule has 3 rings (SSSR count). The van der Waals surface area contributed by atoms with Gasteiger partial charge in [0.2, 0.25) is 0 Å². The van der Waals surface area contributed by atoms with Crippen LogP contribution in [0.15, 0.2) is 48.7 Å². The second kappa shape index (κ2) is 5.88. The Hall–Kier alpha value is -1.84. The van der Waals surface area contributed by atoms with Crippen molar-refractivity contribution >= 4 is 22.5 Å². The fourth-order valence-electron chi connectivity index (χ4n) is 2.64. The Kier molecular flexibility index (Phi) is 3.95. The highest BCUT2D eigenvalue weighted by molar-refractivity contribution is 6.31. The molecular weight excluding hydrogens is 287 g/mol. The largest absolute Gasteiger partial charge is 0.343 e. The number of halogens is 2. The zero-order valence-corrected chi connectivity index (χ0v) is 12.5. The topological polar surface area (TPSA) is 17.0 Å². The van der Waals surface area contributed by atoms with Gasteiger partial charge in [-0.15, -0.1) is 0 Å². The molecule has 1 aromatic heterocycles. The standard InChI is InChI=1S/C17H16ClFN2/c1-20-10-13-4-2-3-12-7-8-21(17(12)13)11-14-5-6-15(19)9-16(14)18/h2-9,20H,10-11H2,1H3. The lowest BCUT2D eigenvalue weighted by Gasteiger charge is -2.11. The van der Waals surface area contributed by atoms with Crippen molar-refractivity contribution < 1.29 is 4.39 Å². The first-order chi connectivity index (χ1) is 10.2. The van der Waals surface area contributed by atoms with Crippen LogP contribution in [-0.2, 0) is 13.1 Å². The van der Waals surface area contributed by atoms with Crippen LogP contribution in [0.2, 0.25) is 5.02 Å². The highest BCUT2D eigenvalue weighted by Gasteiger charge is 2.08. The zero-order chi connectivity index (χ0) is 14.8. The molecule has 21 heavy (non-hydrogen) atoms. The molecule has 0 saturated carbocycles. The van der Waals surface area contributed by atoms with E-state index in [2.05, 4.69) is 34.1 Å². The van der Waals surface area contributed by atoms with E-state index >= 15 is 0 Å². The molecule has 0 unspecified atom stereocenters. The number of hydrogen-bond acceptors (Lipinski definition) is 1. The van der Waals surface area contributed by atoms with Gasteiger partial charge in [-0.25, -0.2) is 4.39 Å².